The highest BCUT2D eigenvalue weighted by Gasteiger charge is 2.46. The average molecular weight is 639 g/mol. The van der Waals surface area contributed by atoms with Gasteiger partial charge in [-0.15, -0.1) is 0 Å². The highest BCUT2D eigenvalue weighted by Crippen LogP contribution is 2.57. The predicted molar refractivity (Wildman–Crippen MR) is 204 cm³/mol. The van der Waals surface area contributed by atoms with Gasteiger partial charge in [0.05, 0.1) is 5.41 Å². The summed E-state index contributed by atoms with van der Waals surface area (Å²) in [4.78, 5) is 0. The Bertz CT molecular complexity index is 2000. The molecule has 2 aliphatic carbocycles. The van der Waals surface area contributed by atoms with Crippen molar-refractivity contribution in [3.63, 3.8) is 0 Å². The third kappa shape index (κ3) is 5.48. The van der Waals surface area contributed by atoms with E-state index in [1.165, 1.54) is 55.6 Å². The number of fused-ring (bicyclic) bond motifs is 6. The molecule has 0 amide bonds. The van der Waals surface area contributed by atoms with Crippen LogP contribution in [-0.2, 0) is 15.6 Å². The number of ether oxygens (including phenoxy) is 2. The van der Waals surface area contributed by atoms with Crippen LogP contribution in [0.5, 0.6) is 5.75 Å². The molecular weight excluding hydrogens is 597 g/mol. The van der Waals surface area contributed by atoms with Gasteiger partial charge in [-0.25, -0.2) is 0 Å². The largest absolute Gasteiger partial charge is 0.490 e. The Morgan fingerprint density at radius 1 is 0.612 bits per heavy atom. The molecule has 5 aromatic rings. The number of allylic oxidation sites excluding steroid dienone is 4. The van der Waals surface area contributed by atoms with Crippen LogP contribution in [0.4, 0.5) is 0 Å². The molecule has 0 saturated heterocycles. The topological polar surface area (TPSA) is 18.5 Å². The fraction of sp³-hybridized carbons (Fsp3) is 0.149. The van der Waals surface area contributed by atoms with Crippen molar-refractivity contribution in [2.75, 3.05) is 13.2 Å². The van der Waals surface area contributed by atoms with Gasteiger partial charge in [-0.3, -0.25) is 0 Å². The van der Waals surface area contributed by atoms with Crippen molar-refractivity contribution in [1.29, 1.82) is 0 Å². The van der Waals surface area contributed by atoms with Crippen molar-refractivity contribution in [2.24, 2.45) is 0 Å². The van der Waals surface area contributed by atoms with Crippen molar-refractivity contribution < 1.29 is 9.47 Å². The van der Waals surface area contributed by atoms with Crippen molar-refractivity contribution in [1.82, 2.24) is 0 Å². The second-order valence-electron chi connectivity index (χ2n) is 13.0. The Hall–Kier alpha value is -5.60. The van der Waals surface area contributed by atoms with Crippen molar-refractivity contribution in [3.8, 4) is 28.0 Å². The molecule has 242 valence electrons. The summed E-state index contributed by atoms with van der Waals surface area (Å²) in [6, 6.07) is 44.0. The molecular formula is C47H42O2. The number of benzene rings is 5. The second-order valence-corrected chi connectivity index (χ2v) is 13.0. The predicted octanol–water partition coefficient (Wildman–Crippen LogP) is 11.5. The van der Waals surface area contributed by atoms with Crippen LogP contribution in [-0.4, -0.2) is 13.2 Å². The molecule has 0 aromatic heterocycles. The third-order valence-electron chi connectivity index (χ3n) is 10.2. The smallest absolute Gasteiger partial charge is 0.119 e. The zero-order valence-corrected chi connectivity index (χ0v) is 28.2. The zero-order valence-electron chi connectivity index (χ0n) is 28.2. The van der Waals surface area contributed by atoms with Crippen LogP contribution in [0.3, 0.4) is 0 Å². The van der Waals surface area contributed by atoms with Crippen molar-refractivity contribution >= 4 is 0 Å². The van der Waals surface area contributed by atoms with Crippen LogP contribution in [0.15, 0.2) is 183 Å². The first-order valence-electron chi connectivity index (χ1n) is 17.1. The van der Waals surface area contributed by atoms with Crippen LogP contribution in [0.1, 0.15) is 47.6 Å². The maximum Gasteiger partial charge on any atom is 0.119 e. The quantitative estimate of drug-likeness (QED) is 0.0726. The molecule has 0 aliphatic heterocycles. The molecule has 0 radical (unpaired) electrons. The Morgan fingerprint density at radius 3 is 1.63 bits per heavy atom. The first-order chi connectivity index (χ1) is 24.0. The molecule has 0 saturated carbocycles. The van der Waals surface area contributed by atoms with Gasteiger partial charge in [0.1, 0.15) is 24.7 Å². The van der Waals surface area contributed by atoms with Gasteiger partial charge in [0.2, 0.25) is 0 Å². The molecule has 2 heteroatoms. The number of hydrogen-bond donors (Lipinski definition) is 0. The lowest BCUT2D eigenvalue weighted by atomic mass is 9.66. The standard InChI is InChI=1S/C47H42O2/c1-5-32-48-34(3)25-26-35(16-15-31-46(4)42-21-11-7-17-38(42)39-18-8-12-22-43(39)46)47(36-27-29-37(30-28-36)49-33-6-2)44-23-13-9-19-40(44)41-20-10-14-24-45(41)47/h5-14,16-30H,1-3,15,31-33H2,4H3/b26-25-,35-16+. The lowest BCUT2D eigenvalue weighted by Gasteiger charge is -2.35. The number of hydrogen-bond acceptors (Lipinski definition) is 2. The van der Waals surface area contributed by atoms with Gasteiger partial charge in [-0.05, 0) is 86.7 Å². The molecule has 0 atom stereocenters. The van der Waals surface area contributed by atoms with E-state index in [-0.39, 0.29) is 5.41 Å². The summed E-state index contributed by atoms with van der Waals surface area (Å²) in [5.41, 5.74) is 12.1. The fourth-order valence-corrected chi connectivity index (χ4v) is 8.05. The van der Waals surface area contributed by atoms with E-state index in [2.05, 4.69) is 160 Å². The van der Waals surface area contributed by atoms with Crippen LogP contribution in [0.25, 0.3) is 22.3 Å². The van der Waals surface area contributed by atoms with Gasteiger partial charge in [0.15, 0.2) is 0 Å². The third-order valence-corrected chi connectivity index (χ3v) is 10.2. The summed E-state index contributed by atoms with van der Waals surface area (Å²) in [6.07, 6.45) is 12.0. The van der Waals surface area contributed by atoms with Gasteiger partial charge < -0.3 is 9.47 Å². The highest BCUT2D eigenvalue weighted by molar-refractivity contribution is 5.87. The van der Waals surface area contributed by atoms with Crippen LogP contribution in [0.2, 0.25) is 0 Å². The van der Waals surface area contributed by atoms with Gasteiger partial charge in [0.25, 0.3) is 0 Å². The first kappa shape index (κ1) is 32.0. The summed E-state index contributed by atoms with van der Waals surface area (Å²) < 4.78 is 11.8. The first-order valence-corrected chi connectivity index (χ1v) is 17.1. The Labute approximate surface area is 291 Å². The van der Waals surface area contributed by atoms with Crippen LogP contribution < -0.4 is 4.74 Å². The van der Waals surface area contributed by atoms with Gasteiger partial charge in [-0.1, -0.05) is 160 Å². The van der Waals surface area contributed by atoms with E-state index in [0.29, 0.717) is 19.0 Å². The minimum atomic E-state index is -0.578. The molecule has 49 heavy (non-hydrogen) atoms. The summed E-state index contributed by atoms with van der Waals surface area (Å²) in [5.74, 6) is 1.41. The molecule has 0 spiro atoms. The summed E-state index contributed by atoms with van der Waals surface area (Å²) in [7, 11) is 0. The molecule has 7 rings (SSSR count). The fourth-order valence-electron chi connectivity index (χ4n) is 8.05. The van der Waals surface area contributed by atoms with E-state index in [9.17, 15) is 0 Å². The molecule has 0 bridgehead atoms. The monoisotopic (exact) mass is 638 g/mol. The normalized spacial score (nSPS) is 14.8. The lowest BCUT2D eigenvalue weighted by Crippen LogP contribution is -2.29. The second kappa shape index (κ2) is 13.5. The Morgan fingerprint density at radius 2 is 1.10 bits per heavy atom. The zero-order chi connectivity index (χ0) is 33.8. The summed E-state index contributed by atoms with van der Waals surface area (Å²) in [6.45, 7) is 15.1. The highest BCUT2D eigenvalue weighted by atomic mass is 16.5. The van der Waals surface area contributed by atoms with E-state index in [1.807, 2.05) is 6.08 Å². The minimum Gasteiger partial charge on any atom is -0.490 e. The van der Waals surface area contributed by atoms with Crippen LogP contribution in [0, 0.1) is 0 Å². The molecule has 2 nitrogen and oxygen atoms in total. The summed E-state index contributed by atoms with van der Waals surface area (Å²) in [5, 5.41) is 0. The van der Waals surface area contributed by atoms with E-state index in [0.717, 1.165) is 18.6 Å². The number of rotatable bonds is 13. The van der Waals surface area contributed by atoms with Crippen LogP contribution >= 0.6 is 0 Å². The van der Waals surface area contributed by atoms with Gasteiger partial charge >= 0.3 is 0 Å². The lowest BCUT2D eigenvalue weighted by molar-refractivity contribution is 0.263. The molecule has 0 heterocycles. The Balaban J connectivity index is 1.40. The molecule has 0 unspecified atom stereocenters. The van der Waals surface area contributed by atoms with Gasteiger partial charge in [0, 0.05) is 5.41 Å². The van der Waals surface area contributed by atoms with Crippen molar-refractivity contribution in [3.05, 3.63) is 211 Å². The summed E-state index contributed by atoms with van der Waals surface area (Å²) >= 11 is 0. The van der Waals surface area contributed by atoms with E-state index in [4.69, 9.17) is 9.47 Å². The molecule has 0 N–H and O–H groups in total. The SMILES string of the molecule is C=CCOC(=C)/C=C\C(=C/CCC1(C)c2ccccc2-c2ccccc21)C1(c2ccc(OCC=C)cc2)c2ccccc2-c2ccccc21. The molecule has 5 aromatic carbocycles. The van der Waals surface area contributed by atoms with Gasteiger partial charge in [-0.2, -0.15) is 0 Å². The van der Waals surface area contributed by atoms with E-state index < -0.39 is 5.41 Å². The maximum atomic E-state index is 5.93. The minimum absolute atomic E-state index is 0.113. The Kier molecular flexibility index (Phi) is 8.80. The van der Waals surface area contributed by atoms with Crippen molar-refractivity contribution in [2.45, 2.75) is 30.6 Å². The maximum absolute atomic E-state index is 5.93. The van der Waals surface area contributed by atoms with E-state index >= 15 is 0 Å². The molecule has 0 fully saturated rings. The molecule has 2 aliphatic rings. The van der Waals surface area contributed by atoms with E-state index in [1.54, 1.807) is 12.2 Å². The average Bonchev–Trinajstić information content (AvgIpc) is 3.59.